The van der Waals surface area contributed by atoms with Gasteiger partial charge in [-0.3, -0.25) is 0 Å². The molecular weight excluding hydrogens is 464 g/mol. The van der Waals surface area contributed by atoms with Gasteiger partial charge in [-0.25, -0.2) is 19.2 Å². The van der Waals surface area contributed by atoms with Crippen LogP contribution in [-0.4, -0.2) is 102 Å². The lowest BCUT2D eigenvalue weighted by Crippen LogP contribution is -2.36. The van der Waals surface area contributed by atoms with Gasteiger partial charge in [0.05, 0.1) is 13.2 Å². The van der Waals surface area contributed by atoms with Gasteiger partial charge in [-0.05, 0) is 0 Å². The highest BCUT2D eigenvalue weighted by Crippen LogP contribution is 2.31. The highest BCUT2D eigenvalue weighted by atomic mass is 16.8. The van der Waals surface area contributed by atoms with E-state index < -0.39 is 49.0 Å². The van der Waals surface area contributed by atoms with Crippen molar-refractivity contribution in [2.24, 2.45) is 0 Å². The minimum Gasteiger partial charge on any atom is -0.431 e. The third-order valence-electron chi connectivity index (χ3n) is 4.14. The molecule has 34 heavy (non-hydrogen) atoms. The van der Waals surface area contributed by atoms with Crippen LogP contribution in [0.4, 0.5) is 19.2 Å². The van der Waals surface area contributed by atoms with E-state index in [0.717, 1.165) is 0 Å². The molecule has 2 fully saturated rings. The van der Waals surface area contributed by atoms with Gasteiger partial charge in [0.15, 0.2) is 12.2 Å². The monoisotopic (exact) mass is 490 g/mol. The normalized spacial score (nSPS) is 22.5. The minimum absolute atomic E-state index is 0.00429. The second-order valence-electron chi connectivity index (χ2n) is 6.50. The summed E-state index contributed by atoms with van der Waals surface area (Å²) in [4.78, 5) is 45.9. The molecule has 2 aliphatic rings. The van der Waals surface area contributed by atoms with Gasteiger partial charge in [-0.1, -0.05) is 25.3 Å². The zero-order valence-corrected chi connectivity index (χ0v) is 18.3. The summed E-state index contributed by atoms with van der Waals surface area (Å²) in [5, 5.41) is 0. The molecule has 0 aliphatic carbocycles. The van der Waals surface area contributed by atoms with E-state index in [4.69, 9.17) is 28.4 Å². The first-order chi connectivity index (χ1) is 16.4. The highest BCUT2D eigenvalue weighted by Gasteiger charge is 2.51. The van der Waals surface area contributed by atoms with Gasteiger partial charge < -0.3 is 47.4 Å². The Balaban J connectivity index is 1.60. The molecule has 2 rings (SSSR count). The molecule has 14 nitrogen and oxygen atoms in total. The smallest absolute Gasteiger partial charge is 0.431 e. The molecule has 2 heterocycles. The molecule has 2 saturated heterocycles. The molecule has 0 spiro atoms. The van der Waals surface area contributed by atoms with Crippen LogP contribution in [0.25, 0.3) is 0 Å². The molecule has 0 N–H and O–H groups in total. The zero-order chi connectivity index (χ0) is 24.8. The van der Waals surface area contributed by atoms with E-state index in [1.165, 1.54) is 12.2 Å². The van der Waals surface area contributed by atoms with Gasteiger partial charge >= 0.3 is 24.6 Å². The van der Waals surface area contributed by atoms with E-state index in [9.17, 15) is 19.2 Å². The fourth-order valence-electron chi connectivity index (χ4n) is 2.78. The minimum atomic E-state index is -1.02. The summed E-state index contributed by atoms with van der Waals surface area (Å²) >= 11 is 0. The van der Waals surface area contributed by atoms with Crippen LogP contribution in [0.1, 0.15) is 0 Å². The quantitative estimate of drug-likeness (QED) is 0.167. The summed E-state index contributed by atoms with van der Waals surface area (Å²) < 4.78 is 49.4. The molecule has 0 radical (unpaired) electrons. The van der Waals surface area contributed by atoms with Crippen LogP contribution in [-0.2, 0) is 47.4 Å². The molecule has 190 valence electrons. The van der Waals surface area contributed by atoms with E-state index in [2.05, 4.69) is 32.1 Å². The van der Waals surface area contributed by atoms with Gasteiger partial charge in [0, 0.05) is 0 Å². The van der Waals surface area contributed by atoms with Crippen molar-refractivity contribution in [3.05, 3.63) is 25.3 Å². The molecule has 4 unspecified atom stereocenters. The topological polar surface area (TPSA) is 161 Å². The SMILES string of the molecule is C=CCOC(=O)OCCOC(=O)OC1COC2C(OC(=O)OCCOC(=O)OCC=C)COC12. The molecule has 0 amide bonds. The fourth-order valence-corrected chi connectivity index (χ4v) is 2.78. The largest absolute Gasteiger partial charge is 0.508 e. The van der Waals surface area contributed by atoms with Crippen LogP contribution in [0.2, 0.25) is 0 Å². The van der Waals surface area contributed by atoms with Crippen LogP contribution in [0.15, 0.2) is 25.3 Å². The maximum Gasteiger partial charge on any atom is 0.508 e. The van der Waals surface area contributed by atoms with Crippen molar-refractivity contribution in [2.45, 2.75) is 24.4 Å². The predicted molar refractivity (Wildman–Crippen MR) is 107 cm³/mol. The van der Waals surface area contributed by atoms with Crippen molar-refractivity contribution >= 4 is 24.6 Å². The number of carbonyl (C=O) groups excluding carboxylic acids is 4. The number of hydrogen-bond donors (Lipinski definition) is 0. The van der Waals surface area contributed by atoms with Gasteiger partial charge in [0.1, 0.15) is 51.8 Å². The average molecular weight is 490 g/mol. The Bertz CT molecular complexity index is 662. The summed E-state index contributed by atoms with van der Waals surface area (Å²) in [6.45, 7) is 5.77. The van der Waals surface area contributed by atoms with Gasteiger partial charge in [0.25, 0.3) is 0 Å². The summed E-state index contributed by atoms with van der Waals surface area (Å²) in [6, 6.07) is 0. The van der Waals surface area contributed by atoms with E-state index in [1.807, 2.05) is 0 Å². The standard InChI is InChI=1S/C20H26O14/c1-3-5-25-17(21)27-7-9-29-19(23)33-13-11-31-16-14(12-32-15(13)16)34-20(24)30-10-8-28-18(22)26-6-4-2/h3-4,13-16H,1-2,5-12H2. The number of hydrogen-bond acceptors (Lipinski definition) is 14. The van der Waals surface area contributed by atoms with Crippen LogP contribution in [0, 0.1) is 0 Å². The van der Waals surface area contributed by atoms with Crippen molar-refractivity contribution in [1.29, 1.82) is 0 Å². The number of fused-ring (bicyclic) bond motifs is 1. The molecule has 14 heteroatoms. The molecule has 0 aromatic carbocycles. The Morgan fingerprint density at radius 3 is 1.32 bits per heavy atom. The maximum atomic E-state index is 11.8. The highest BCUT2D eigenvalue weighted by molar-refractivity contribution is 5.62. The van der Waals surface area contributed by atoms with Crippen LogP contribution >= 0.6 is 0 Å². The maximum absolute atomic E-state index is 11.8. The van der Waals surface area contributed by atoms with Gasteiger partial charge in [0.2, 0.25) is 0 Å². The van der Waals surface area contributed by atoms with Crippen molar-refractivity contribution in [3.8, 4) is 0 Å². The van der Waals surface area contributed by atoms with E-state index in [1.54, 1.807) is 0 Å². The Labute approximate surface area is 194 Å². The number of ether oxygens (including phenoxy) is 10. The second kappa shape index (κ2) is 14.6. The Kier molecular flexibility index (Phi) is 11.5. The average Bonchev–Trinajstić information content (AvgIpc) is 3.40. The molecule has 2 aliphatic heterocycles. The van der Waals surface area contributed by atoms with E-state index in [-0.39, 0.29) is 52.9 Å². The van der Waals surface area contributed by atoms with E-state index in [0.29, 0.717) is 0 Å². The van der Waals surface area contributed by atoms with Gasteiger partial charge in [-0.2, -0.15) is 0 Å². The van der Waals surface area contributed by atoms with Crippen molar-refractivity contribution < 1.29 is 66.5 Å². The lowest BCUT2D eigenvalue weighted by molar-refractivity contribution is -0.0465. The van der Waals surface area contributed by atoms with Crippen LogP contribution in [0.3, 0.4) is 0 Å². The lowest BCUT2D eigenvalue weighted by atomic mass is 10.1. The summed E-state index contributed by atoms with van der Waals surface area (Å²) in [5.74, 6) is 0. The molecule has 0 aromatic heterocycles. The summed E-state index contributed by atoms with van der Waals surface area (Å²) in [5.41, 5.74) is 0. The summed E-state index contributed by atoms with van der Waals surface area (Å²) in [7, 11) is 0. The van der Waals surface area contributed by atoms with Crippen LogP contribution < -0.4 is 0 Å². The Morgan fingerprint density at radius 2 is 0.971 bits per heavy atom. The first kappa shape index (κ1) is 26.7. The van der Waals surface area contributed by atoms with Gasteiger partial charge in [-0.15, -0.1) is 0 Å². The molecule has 0 aromatic rings. The first-order valence-corrected chi connectivity index (χ1v) is 10.2. The zero-order valence-electron chi connectivity index (χ0n) is 18.3. The van der Waals surface area contributed by atoms with Crippen molar-refractivity contribution in [2.75, 3.05) is 52.9 Å². The van der Waals surface area contributed by atoms with Crippen molar-refractivity contribution in [3.63, 3.8) is 0 Å². The summed E-state index contributed by atoms with van der Waals surface area (Å²) in [6.07, 6.45) is -4.09. The number of carbonyl (C=O) groups is 4. The molecule has 0 bridgehead atoms. The predicted octanol–water partition coefficient (Wildman–Crippen LogP) is 1.51. The Morgan fingerprint density at radius 1 is 0.618 bits per heavy atom. The van der Waals surface area contributed by atoms with E-state index >= 15 is 0 Å². The number of rotatable bonds is 12. The lowest BCUT2D eigenvalue weighted by Gasteiger charge is -2.17. The van der Waals surface area contributed by atoms with Crippen molar-refractivity contribution in [1.82, 2.24) is 0 Å². The second-order valence-corrected chi connectivity index (χ2v) is 6.50. The molecule has 4 atom stereocenters. The van der Waals surface area contributed by atoms with Crippen LogP contribution in [0.5, 0.6) is 0 Å². The third kappa shape index (κ3) is 9.15. The first-order valence-electron chi connectivity index (χ1n) is 10.2. The Hall–Kier alpha value is -3.52. The fraction of sp³-hybridized carbons (Fsp3) is 0.600. The molecule has 0 saturated carbocycles. The third-order valence-corrected chi connectivity index (χ3v) is 4.14. The molecular formula is C20H26O14.